The van der Waals surface area contributed by atoms with Crippen molar-refractivity contribution in [2.45, 2.75) is 12.6 Å². The molecule has 1 aliphatic rings. The van der Waals surface area contributed by atoms with Crippen LogP contribution in [0.2, 0.25) is 5.15 Å². The molecule has 2 unspecified atom stereocenters. The second kappa shape index (κ2) is 7.75. The fourth-order valence-corrected chi connectivity index (χ4v) is 3.12. The summed E-state index contributed by atoms with van der Waals surface area (Å²) in [5.74, 6) is -2.07. The summed E-state index contributed by atoms with van der Waals surface area (Å²) in [5.41, 5.74) is 1.08. The maximum atomic E-state index is 14.0. The number of anilines is 3. The molecule has 2 aromatic rings. The quantitative estimate of drug-likeness (QED) is 0.452. The van der Waals surface area contributed by atoms with Gasteiger partial charge in [0.2, 0.25) is 5.82 Å². The molecule has 2 heterocycles. The molecule has 2 atom stereocenters. The lowest BCUT2D eigenvalue weighted by molar-refractivity contribution is -0.384. The van der Waals surface area contributed by atoms with Gasteiger partial charge in [0.05, 0.1) is 17.4 Å². The molecule has 8 nitrogen and oxygen atoms in total. The molecule has 0 saturated carbocycles. The number of nitrogens with one attached hydrogen (secondary N) is 1. The molecular weight excluding hydrogens is 379 g/mol. The number of aromatic nitrogens is 1. The number of pyridine rings is 1. The summed E-state index contributed by atoms with van der Waals surface area (Å²) < 4.78 is 14.0. The average Bonchev–Trinajstić information content (AvgIpc) is 2.61. The van der Waals surface area contributed by atoms with Crippen molar-refractivity contribution < 1.29 is 19.2 Å². The van der Waals surface area contributed by atoms with Crippen LogP contribution in [0.1, 0.15) is 6.42 Å². The number of alkyl halides is 1. The van der Waals surface area contributed by atoms with E-state index in [1.807, 2.05) is 0 Å². The zero-order chi connectivity index (χ0) is 19.6. The van der Waals surface area contributed by atoms with Crippen LogP contribution in [0, 0.1) is 16.0 Å². The number of nitro groups is 1. The third-order valence-corrected chi connectivity index (χ3v) is 4.60. The van der Waals surface area contributed by atoms with E-state index in [4.69, 9.17) is 16.7 Å². The number of rotatable bonds is 5. The number of piperidine rings is 1. The number of nitrogens with zero attached hydrogens (tertiary/aromatic N) is 3. The Bertz CT molecular complexity index is 865. The molecule has 3 rings (SSSR count). The van der Waals surface area contributed by atoms with E-state index in [1.165, 1.54) is 12.1 Å². The van der Waals surface area contributed by atoms with Crippen LogP contribution in [0.25, 0.3) is 0 Å². The van der Waals surface area contributed by atoms with Gasteiger partial charge in [-0.1, -0.05) is 11.6 Å². The molecule has 1 aromatic heterocycles. The van der Waals surface area contributed by atoms with Gasteiger partial charge in [0.25, 0.3) is 0 Å². The number of halogens is 2. The molecule has 0 aliphatic carbocycles. The van der Waals surface area contributed by atoms with E-state index in [-0.39, 0.29) is 29.6 Å². The number of aliphatic carboxylic acids is 1. The van der Waals surface area contributed by atoms with E-state index in [2.05, 4.69) is 10.3 Å². The third-order valence-electron chi connectivity index (χ3n) is 4.39. The van der Waals surface area contributed by atoms with E-state index in [9.17, 15) is 19.3 Å². The van der Waals surface area contributed by atoms with Crippen molar-refractivity contribution in [1.82, 2.24) is 4.98 Å². The Morgan fingerprint density at radius 1 is 1.33 bits per heavy atom. The summed E-state index contributed by atoms with van der Waals surface area (Å²) in [7, 11) is 0. The summed E-state index contributed by atoms with van der Waals surface area (Å²) in [6.45, 7) is 0.441. The van der Waals surface area contributed by atoms with Gasteiger partial charge in [-0.2, -0.15) is 0 Å². The predicted molar refractivity (Wildman–Crippen MR) is 98.5 cm³/mol. The number of hydrogen-bond acceptors (Lipinski definition) is 6. The van der Waals surface area contributed by atoms with Crippen LogP contribution in [0.15, 0.2) is 36.4 Å². The van der Waals surface area contributed by atoms with Crippen molar-refractivity contribution in [2.24, 2.45) is 5.92 Å². The Morgan fingerprint density at radius 3 is 2.63 bits per heavy atom. The lowest BCUT2D eigenvalue weighted by atomic mass is 9.95. The lowest BCUT2D eigenvalue weighted by Gasteiger charge is -2.34. The minimum absolute atomic E-state index is 0.00502. The summed E-state index contributed by atoms with van der Waals surface area (Å²) in [6.07, 6.45) is -1.21. The molecule has 0 amide bonds. The van der Waals surface area contributed by atoms with Crippen molar-refractivity contribution in [3.63, 3.8) is 0 Å². The molecule has 142 valence electrons. The van der Waals surface area contributed by atoms with E-state index in [1.54, 1.807) is 29.2 Å². The van der Waals surface area contributed by atoms with E-state index >= 15 is 0 Å². The highest BCUT2D eigenvalue weighted by Crippen LogP contribution is 2.30. The standard InChI is InChI=1S/C17H16ClFN4O4/c18-15-6-5-14(23(26)27)16(21-15)20-10-1-3-11(4-2-10)22-8-7-12(17(24)25)13(19)9-22/h1-6,12-13H,7-9H2,(H,20,21)(H,24,25). The van der Waals surface area contributed by atoms with E-state index in [0.29, 0.717) is 12.2 Å². The minimum atomic E-state index is -1.44. The zero-order valence-electron chi connectivity index (χ0n) is 14.0. The fourth-order valence-electron chi connectivity index (χ4n) is 2.98. The third kappa shape index (κ3) is 4.25. The smallest absolute Gasteiger partial charge is 0.311 e. The first kappa shape index (κ1) is 18.8. The van der Waals surface area contributed by atoms with Crippen LogP contribution in [0.3, 0.4) is 0 Å². The fraction of sp³-hybridized carbons (Fsp3) is 0.294. The number of benzene rings is 1. The van der Waals surface area contributed by atoms with E-state index in [0.717, 1.165) is 5.69 Å². The zero-order valence-corrected chi connectivity index (χ0v) is 14.8. The predicted octanol–water partition coefficient (Wildman–Crippen LogP) is 3.64. The summed E-state index contributed by atoms with van der Waals surface area (Å²) in [6, 6.07) is 9.41. The van der Waals surface area contributed by atoms with Crippen LogP contribution in [0.5, 0.6) is 0 Å². The maximum absolute atomic E-state index is 14.0. The van der Waals surface area contributed by atoms with Gasteiger partial charge >= 0.3 is 11.7 Å². The van der Waals surface area contributed by atoms with Crippen molar-refractivity contribution in [2.75, 3.05) is 23.3 Å². The number of carbonyl (C=O) groups is 1. The molecule has 0 radical (unpaired) electrons. The van der Waals surface area contributed by atoms with Crippen LogP contribution in [0.4, 0.5) is 27.3 Å². The Hall–Kier alpha value is -2.94. The van der Waals surface area contributed by atoms with Crippen molar-refractivity contribution in [1.29, 1.82) is 0 Å². The molecule has 10 heteroatoms. The second-order valence-electron chi connectivity index (χ2n) is 6.13. The van der Waals surface area contributed by atoms with Crippen molar-refractivity contribution >= 4 is 40.5 Å². The Labute approximate surface area is 158 Å². The van der Waals surface area contributed by atoms with Gasteiger partial charge in [0.15, 0.2) is 0 Å². The normalized spacial score (nSPS) is 19.6. The number of carboxylic acids is 1. The summed E-state index contributed by atoms with van der Waals surface area (Å²) in [4.78, 5) is 27.2. The van der Waals surface area contributed by atoms with Gasteiger partial charge in [0.1, 0.15) is 11.3 Å². The number of carboxylic acid groups (broad SMARTS) is 1. The van der Waals surface area contributed by atoms with Gasteiger partial charge in [-0.05, 0) is 36.8 Å². The monoisotopic (exact) mass is 394 g/mol. The van der Waals surface area contributed by atoms with Crippen LogP contribution >= 0.6 is 11.6 Å². The second-order valence-corrected chi connectivity index (χ2v) is 6.51. The molecule has 2 N–H and O–H groups in total. The average molecular weight is 395 g/mol. The molecule has 1 aromatic carbocycles. The SMILES string of the molecule is O=C(O)C1CCN(c2ccc(Nc3nc(Cl)ccc3[N+](=O)[O-])cc2)CC1F. The highest BCUT2D eigenvalue weighted by molar-refractivity contribution is 6.29. The van der Waals surface area contributed by atoms with Gasteiger partial charge < -0.3 is 15.3 Å². The van der Waals surface area contributed by atoms with Gasteiger partial charge in [-0.15, -0.1) is 0 Å². The first-order valence-corrected chi connectivity index (χ1v) is 8.53. The first-order valence-electron chi connectivity index (χ1n) is 8.15. The van der Waals surface area contributed by atoms with E-state index < -0.39 is 23.0 Å². The molecule has 1 saturated heterocycles. The molecule has 1 aliphatic heterocycles. The summed E-state index contributed by atoms with van der Waals surface area (Å²) in [5, 5.41) is 23.0. The van der Waals surface area contributed by atoms with Crippen LogP contribution in [-0.4, -0.2) is 40.2 Å². The highest BCUT2D eigenvalue weighted by Gasteiger charge is 2.34. The van der Waals surface area contributed by atoms with Crippen molar-refractivity contribution in [3.8, 4) is 0 Å². The topological polar surface area (TPSA) is 109 Å². The Kier molecular flexibility index (Phi) is 5.41. The molecule has 27 heavy (non-hydrogen) atoms. The minimum Gasteiger partial charge on any atom is -0.481 e. The molecule has 0 spiro atoms. The van der Waals surface area contributed by atoms with Gasteiger partial charge in [-0.25, -0.2) is 9.37 Å². The summed E-state index contributed by atoms with van der Waals surface area (Å²) >= 11 is 5.80. The Balaban J connectivity index is 1.73. The van der Waals surface area contributed by atoms with Crippen LogP contribution < -0.4 is 10.2 Å². The highest BCUT2D eigenvalue weighted by atomic mass is 35.5. The maximum Gasteiger partial charge on any atom is 0.311 e. The van der Waals surface area contributed by atoms with Crippen LogP contribution in [-0.2, 0) is 4.79 Å². The Morgan fingerprint density at radius 2 is 2.04 bits per heavy atom. The van der Waals surface area contributed by atoms with Crippen molar-refractivity contribution in [3.05, 3.63) is 51.7 Å². The number of hydrogen-bond donors (Lipinski definition) is 2. The van der Waals surface area contributed by atoms with Gasteiger partial charge in [0, 0.05) is 24.0 Å². The molecular formula is C17H16ClFN4O4. The first-order chi connectivity index (χ1) is 12.8. The lowest BCUT2D eigenvalue weighted by Crippen LogP contribution is -2.44. The largest absolute Gasteiger partial charge is 0.481 e. The molecule has 1 fully saturated rings. The van der Waals surface area contributed by atoms with Gasteiger partial charge in [-0.3, -0.25) is 14.9 Å². The molecule has 0 bridgehead atoms.